The lowest BCUT2D eigenvalue weighted by molar-refractivity contribution is -0.105. The molecule has 0 fully saturated rings. The molecule has 1 aromatic carbocycles. The van der Waals surface area contributed by atoms with E-state index in [-0.39, 0.29) is 5.82 Å². The fourth-order valence-corrected chi connectivity index (χ4v) is 2.89. The molecule has 4 rings (SSSR count). The summed E-state index contributed by atoms with van der Waals surface area (Å²) >= 11 is 0. The third kappa shape index (κ3) is 2.55. The minimum Gasteiger partial charge on any atom is -0.313 e. The van der Waals surface area contributed by atoms with Crippen LogP contribution in [0, 0.1) is 12.7 Å². The number of halogens is 1. The van der Waals surface area contributed by atoms with Gasteiger partial charge in [-0.3, -0.25) is 14.3 Å². The van der Waals surface area contributed by atoms with E-state index in [4.69, 9.17) is 0 Å². The molecule has 0 radical (unpaired) electrons. The Kier molecular flexibility index (Phi) is 3.53. The topological polar surface area (TPSA) is 75.1 Å². The molecule has 4 aromatic rings. The Bertz CT molecular complexity index is 1060. The molecule has 0 aliphatic heterocycles. The van der Waals surface area contributed by atoms with Crippen molar-refractivity contribution in [2.24, 2.45) is 0 Å². The Morgan fingerprint density at radius 2 is 1.92 bits per heavy atom. The molecule has 0 atom stereocenters. The van der Waals surface area contributed by atoms with Crippen LogP contribution in [0.3, 0.4) is 0 Å². The van der Waals surface area contributed by atoms with Gasteiger partial charge < -0.3 is 5.32 Å². The molecule has 25 heavy (non-hydrogen) atoms. The van der Waals surface area contributed by atoms with E-state index in [2.05, 4.69) is 20.5 Å². The van der Waals surface area contributed by atoms with Gasteiger partial charge in [0.2, 0.25) is 6.41 Å². The molecule has 6 nitrogen and oxygen atoms in total. The molecule has 0 saturated carbocycles. The Balaban J connectivity index is 1.88. The van der Waals surface area contributed by atoms with Gasteiger partial charge in [-0.25, -0.2) is 9.37 Å². The van der Waals surface area contributed by atoms with Gasteiger partial charge in [-0.15, -0.1) is 0 Å². The number of benzene rings is 1. The Morgan fingerprint density at radius 3 is 2.68 bits per heavy atom. The third-order valence-electron chi connectivity index (χ3n) is 4.07. The lowest BCUT2D eigenvalue weighted by atomic mass is 10.0. The van der Waals surface area contributed by atoms with Gasteiger partial charge in [-0.05, 0) is 43.3 Å². The number of carbonyl (C=O) groups excluding carboxylic acids is 1. The standard InChI is InChI=1S/C18H14FN5O/c1-11-17(18(23-22-11)12-2-5-14(19)6-3-12)13-4-7-15-20-8-16(21-10-25)24(15)9-13/h2-10H,1H3,(H,21,25)(H,22,23). The van der Waals surface area contributed by atoms with Crippen LogP contribution < -0.4 is 5.32 Å². The van der Waals surface area contributed by atoms with E-state index < -0.39 is 0 Å². The van der Waals surface area contributed by atoms with E-state index in [0.29, 0.717) is 12.2 Å². The molecule has 2 N–H and O–H groups in total. The third-order valence-corrected chi connectivity index (χ3v) is 4.07. The van der Waals surface area contributed by atoms with Gasteiger partial charge >= 0.3 is 0 Å². The summed E-state index contributed by atoms with van der Waals surface area (Å²) in [7, 11) is 0. The molecule has 124 valence electrons. The Labute approximate surface area is 142 Å². The van der Waals surface area contributed by atoms with Crippen LogP contribution in [0.1, 0.15) is 5.69 Å². The maximum atomic E-state index is 13.2. The molecule has 7 heteroatoms. The van der Waals surface area contributed by atoms with Crippen molar-refractivity contribution in [3.05, 3.63) is 60.3 Å². The number of fused-ring (bicyclic) bond motifs is 1. The van der Waals surface area contributed by atoms with Crippen molar-refractivity contribution >= 4 is 17.9 Å². The summed E-state index contributed by atoms with van der Waals surface area (Å²) in [5.41, 5.74) is 4.99. The van der Waals surface area contributed by atoms with Gasteiger partial charge in [0.1, 0.15) is 23.0 Å². The first kappa shape index (κ1) is 15.1. The summed E-state index contributed by atoms with van der Waals surface area (Å²) in [6.45, 7) is 1.93. The quantitative estimate of drug-likeness (QED) is 0.561. The summed E-state index contributed by atoms with van der Waals surface area (Å²) in [6, 6.07) is 10.0. The number of rotatable bonds is 4. The lowest BCUT2D eigenvalue weighted by Gasteiger charge is -2.07. The molecule has 0 bridgehead atoms. The second-order valence-corrected chi connectivity index (χ2v) is 5.63. The highest BCUT2D eigenvalue weighted by Crippen LogP contribution is 2.33. The van der Waals surface area contributed by atoms with Crippen LogP contribution in [0.25, 0.3) is 28.0 Å². The minimum atomic E-state index is -0.290. The first-order valence-corrected chi connectivity index (χ1v) is 7.66. The molecule has 3 heterocycles. The van der Waals surface area contributed by atoms with Crippen LogP contribution in [-0.2, 0) is 4.79 Å². The number of amides is 1. The summed E-state index contributed by atoms with van der Waals surface area (Å²) in [6.07, 6.45) is 4.10. The first-order valence-electron chi connectivity index (χ1n) is 7.66. The molecule has 0 spiro atoms. The fourth-order valence-electron chi connectivity index (χ4n) is 2.89. The number of carbonyl (C=O) groups is 1. The molecule has 0 aliphatic rings. The molecular weight excluding hydrogens is 321 g/mol. The SMILES string of the molecule is Cc1[nH]nc(-c2ccc(F)cc2)c1-c1ccc2ncc(NC=O)n2c1. The van der Waals surface area contributed by atoms with E-state index in [9.17, 15) is 9.18 Å². The van der Waals surface area contributed by atoms with E-state index in [1.807, 2.05) is 25.3 Å². The number of nitrogens with zero attached hydrogens (tertiary/aromatic N) is 3. The number of pyridine rings is 1. The number of nitrogens with one attached hydrogen (secondary N) is 2. The smallest absolute Gasteiger partial charge is 0.212 e. The molecule has 0 saturated heterocycles. The number of imidazole rings is 1. The normalized spacial score (nSPS) is 11.0. The highest BCUT2D eigenvalue weighted by molar-refractivity contribution is 5.83. The van der Waals surface area contributed by atoms with Crippen molar-refractivity contribution in [2.45, 2.75) is 6.92 Å². The van der Waals surface area contributed by atoms with E-state index in [1.165, 1.54) is 12.1 Å². The minimum absolute atomic E-state index is 0.290. The number of aryl methyl sites for hydroxylation is 1. The lowest BCUT2D eigenvalue weighted by Crippen LogP contribution is -1.98. The zero-order valence-corrected chi connectivity index (χ0v) is 13.3. The average Bonchev–Trinajstić information content (AvgIpc) is 3.19. The maximum Gasteiger partial charge on any atom is 0.212 e. The predicted molar refractivity (Wildman–Crippen MR) is 92.6 cm³/mol. The van der Waals surface area contributed by atoms with Gasteiger partial charge in [-0.2, -0.15) is 5.10 Å². The van der Waals surface area contributed by atoms with Crippen molar-refractivity contribution in [2.75, 3.05) is 5.32 Å². The molecular formula is C18H14FN5O. The number of H-pyrrole nitrogens is 1. The summed E-state index contributed by atoms with van der Waals surface area (Å²) < 4.78 is 15.0. The predicted octanol–water partition coefficient (Wildman–Crippen LogP) is 3.41. The number of anilines is 1. The summed E-state index contributed by atoms with van der Waals surface area (Å²) in [5.74, 6) is 0.290. The number of hydrogen-bond acceptors (Lipinski definition) is 3. The van der Waals surface area contributed by atoms with Crippen LogP contribution in [-0.4, -0.2) is 26.0 Å². The largest absolute Gasteiger partial charge is 0.313 e. The van der Waals surface area contributed by atoms with Crippen molar-refractivity contribution in [1.29, 1.82) is 0 Å². The van der Waals surface area contributed by atoms with E-state index in [0.717, 1.165) is 33.7 Å². The van der Waals surface area contributed by atoms with Crippen molar-refractivity contribution in [3.8, 4) is 22.4 Å². The van der Waals surface area contributed by atoms with Gasteiger partial charge in [0.15, 0.2) is 0 Å². The van der Waals surface area contributed by atoms with Gasteiger partial charge in [0, 0.05) is 28.6 Å². The van der Waals surface area contributed by atoms with Gasteiger partial charge in [-0.1, -0.05) is 0 Å². The second kappa shape index (κ2) is 5.86. The monoisotopic (exact) mass is 335 g/mol. The van der Waals surface area contributed by atoms with Crippen molar-refractivity contribution < 1.29 is 9.18 Å². The average molecular weight is 335 g/mol. The first-order chi connectivity index (χ1) is 12.2. The van der Waals surface area contributed by atoms with Crippen LogP contribution >= 0.6 is 0 Å². The zero-order chi connectivity index (χ0) is 17.4. The molecule has 0 aliphatic carbocycles. The maximum absolute atomic E-state index is 13.2. The number of aromatic amines is 1. The van der Waals surface area contributed by atoms with Crippen LogP contribution in [0.2, 0.25) is 0 Å². The summed E-state index contributed by atoms with van der Waals surface area (Å²) in [5, 5.41) is 9.99. The Morgan fingerprint density at radius 1 is 1.16 bits per heavy atom. The summed E-state index contributed by atoms with van der Waals surface area (Å²) in [4.78, 5) is 15.0. The zero-order valence-electron chi connectivity index (χ0n) is 13.3. The molecule has 3 aromatic heterocycles. The van der Waals surface area contributed by atoms with Crippen LogP contribution in [0.5, 0.6) is 0 Å². The Hall–Kier alpha value is -3.48. The van der Waals surface area contributed by atoms with E-state index >= 15 is 0 Å². The highest BCUT2D eigenvalue weighted by Gasteiger charge is 2.15. The van der Waals surface area contributed by atoms with Gasteiger partial charge in [0.05, 0.1) is 6.20 Å². The van der Waals surface area contributed by atoms with Gasteiger partial charge in [0.25, 0.3) is 0 Å². The molecule has 1 amide bonds. The van der Waals surface area contributed by atoms with Crippen molar-refractivity contribution in [3.63, 3.8) is 0 Å². The highest BCUT2D eigenvalue weighted by atomic mass is 19.1. The second-order valence-electron chi connectivity index (χ2n) is 5.63. The van der Waals surface area contributed by atoms with Crippen LogP contribution in [0.15, 0.2) is 48.8 Å². The van der Waals surface area contributed by atoms with Crippen LogP contribution in [0.4, 0.5) is 10.2 Å². The fraction of sp³-hybridized carbons (Fsp3) is 0.0556. The molecule has 0 unspecified atom stereocenters. The van der Waals surface area contributed by atoms with Crippen molar-refractivity contribution in [1.82, 2.24) is 19.6 Å². The van der Waals surface area contributed by atoms with E-state index in [1.54, 1.807) is 22.7 Å². The number of hydrogen-bond donors (Lipinski definition) is 2. The number of aromatic nitrogens is 4.